The van der Waals surface area contributed by atoms with Crippen LogP contribution >= 0.6 is 0 Å². The molecule has 0 unspecified atom stereocenters. The molecule has 0 bridgehead atoms. The monoisotopic (exact) mass is 226 g/mol. The predicted octanol–water partition coefficient (Wildman–Crippen LogP) is 3.02. The van der Waals surface area contributed by atoms with Gasteiger partial charge < -0.3 is 10.6 Å². The van der Waals surface area contributed by atoms with E-state index in [1.54, 1.807) is 0 Å². The Morgan fingerprint density at radius 2 is 1.69 bits per heavy atom. The van der Waals surface area contributed by atoms with Crippen LogP contribution in [-0.2, 0) is 0 Å². The van der Waals surface area contributed by atoms with Gasteiger partial charge in [-0.05, 0) is 44.7 Å². The number of nitrogens with two attached hydrogens (primary N) is 1. The summed E-state index contributed by atoms with van der Waals surface area (Å²) in [6.07, 6.45) is 9.48. The van der Waals surface area contributed by atoms with Crippen molar-refractivity contribution in [2.24, 2.45) is 11.1 Å². The first kappa shape index (κ1) is 14.0. The molecule has 96 valence electrons. The summed E-state index contributed by atoms with van der Waals surface area (Å²) < 4.78 is 0. The van der Waals surface area contributed by atoms with E-state index in [-0.39, 0.29) is 0 Å². The third kappa shape index (κ3) is 3.46. The Hall–Kier alpha value is -0.0800. The van der Waals surface area contributed by atoms with E-state index in [0.717, 1.165) is 12.6 Å². The molecule has 0 amide bonds. The Balaban J connectivity index is 2.49. The molecule has 0 aromatic carbocycles. The Labute approximate surface area is 102 Å². The van der Waals surface area contributed by atoms with Crippen LogP contribution in [0.3, 0.4) is 0 Å². The van der Waals surface area contributed by atoms with Gasteiger partial charge in [-0.3, -0.25) is 0 Å². The van der Waals surface area contributed by atoms with Crippen LogP contribution in [0, 0.1) is 5.41 Å². The Bertz CT molecular complexity index is 173. The summed E-state index contributed by atoms with van der Waals surface area (Å²) in [5.74, 6) is 0. The van der Waals surface area contributed by atoms with Gasteiger partial charge in [0, 0.05) is 12.6 Å². The first-order valence-electron chi connectivity index (χ1n) is 7.07. The Morgan fingerprint density at radius 1 is 1.12 bits per heavy atom. The van der Waals surface area contributed by atoms with Gasteiger partial charge in [-0.1, -0.05) is 33.1 Å². The quantitative estimate of drug-likeness (QED) is 0.754. The molecule has 1 aliphatic carbocycles. The van der Waals surface area contributed by atoms with E-state index in [1.807, 2.05) is 0 Å². The van der Waals surface area contributed by atoms with E-state index >= 15 is 0 Å². The molecule has 0 aliphatic heterocycles. The second kappa shape index (κ2) is 6.61. The third-order valence-corrected chi connectivity index (χ3v) is 4.72. The van der Waals surface area contributed by atoms with Gasteiger partial charge in [-0.2, -0.15) is 0 Å². The van der Waals surface area contributed by atoms with Crippen LogP contribution in [0.5, 0.6) is 0 Å². The Morgan fingerprint density at radius 3 is 2.12 bits per heavy atom. The van der Waals surface area contributed by atoms with Gasteiger partial charge in [0.1, 0.15) is 0 Å². The average molecular weight is 226 g/mol. The first-order valence-corrected chi connectivity index (χ1v) is 7.07. The van der Waals surface area contributed by atoms with Crippen molar-refractivity contribution in [1.29, 1.82) is 0 Å². The lowest BCUT2D eigenvalue weighted by Gasteiger charge is -2.39. The fourth-order valence-electron chi connectivity index (χ4n) is 3.01. The van der Waals surface area contributed by atoms with Gasteiger partial charge in [0.25, 0.3) is 0 Å². The summed E-state index contributed by atoms with van der Waals surface area (Å²) in [5, 5.41) is 0. The SMILES string of the molecule is CCC(CC)(CN)CN(C)C1CCCCC1. The molecule has 0 atom stereocenters. The molecular weight excluding hydrogens is 196 g/mol. The molecule has 2 heteroatoms. The van der Waals surface area contributed by atoms with Crippen LogP contribution < -0.4 is 5.73 Å². The molecule has 0 aromatic heterocycles. The molecule has 1 rings (SSSR count). The van der Waals surface area contributed by atoms with E-state index in [4.69, 9.17) is 5.73 Å². The highest BCUT2D eigenvalue weighted by Gasteiger charge is 2.29. The molecule has 0 radical (unpaired) electrons. The second-order valence-electron chi connectivity index (χ2n) is 5.62. The molecular formula is C14H30N2. The largest absolute Gasteiger partial charge is 0.330 e. The molecule has 2 nitrogen and oxygen atoms in total. The van der Waals surface area contributed by atoms with Crippen molar-refractivity contribution in [2.45, 2.75) is 64.8 Å². The van der Waals surface area contributed by atoms with E-state index in [0.29, 0.717) is 5.41 Å². The van der Waals surface area contributed by atoms with Gasteiger partial charge in [0.2, 0.25) is 0 Å². The zero-order valence-electron chi connectivity index (χ0n) is 11.5. The molecule has 0 aromatic rings. The molecule has 2 N–H and O–H groups in total. The summed E-state index contributed by atoms with van der Waals surface area (Å²) in [4.78, 5) is 2.58. The molecule has 0 saturated heterocycles. The highest BCUT2D eigenvalue weighted by atomic mass is 15.1. The van der Waals surface area contributed by atoms with E-state index in [2.05, 4.69) is 25.8 Å². The van der Waals surface area contributed by atoms with E-state index in [1.165, 1.54) is 51.5 Å². The van der Waals surface area contributed by atoms with E-state index < -0.39 is 0 Å². The number of hydrogen-bond donors (Lipinski definition) is 1. The van der Waals surface area contributed by atoms with Gasteiger partial charge in [-0.25, -0.2) is 0 Å². The van der Waals surface area contributed by atoms with Crippen molar-refractivity contribution in [1.82, 2.24) is 4.90 Å². The van der Waals surface area contributed by atoms with Crippen molar-refractivity contribution < 1.29 is 0 Å². The van der Waals surface area contributed by atoms with Crippen molar-refractivity contribution in [3.63, 3.8) is 0 Å². The average Bonchev–Trinajstić information content (AvgIpc) is 2.37. The van der Waals surface area contributed by atoms with Crippen LogP contribution in [0.1, 0.15) is 58.8 Å². The first-order chi connectivity index (χ1) is 7.67. The summed E-state index contributed by atoms with van der Waals surface area (Å²) in [7, 11) is 2.30. The van der Waals surface area contributed by atoms with Crippen LogP contribution in [0.4, 0.5) is 0 Å². The highest BCUT2D eigenvalue weighted by Crippen LogP contribution is 2.29. The zero-order valence-corrected chi connectivity index (χ0v) is 11.5. The number of nitrogens with zero attached hydrogens (tertiary/aromatic N) is 1. The van der Waals surface area contributed by atoms with Crippen LogP contribution in [0.15, 0.2) is 0 Å². The van der Waals surface area contributed by atoms with Gasteiger partial charge >= 0.3 is 0 Å². The molecule has 1 aliphatic rings. The minimum absolute atomic E-state index is 0.353. The molecule has 0 spiro atoms. The molecule has 16 heavy (non-hydrogen) atoms. The number of hydrogen-bond acceptors (Lipinski definition) is 2. The lowest BCUT2D eigenvalue weighted by molar-refractivity contribution is 0.109. The minimum Gasteiger partial charge on any atom is -0.330 e. The highest BCUT2D eigenvalue weighted by molar-refractivity contribution is 4.84. The summed E-state index contributed by atoms with van der Waals surface area (Å²) >= 11 is 0. The zero-order chi connectivity index (χ0) is 12.0. The van der Waals surface area contributed by atoms with Crippen LogP contribution in [-0.4, -0.2) is 31.1 Å². The third-order valence-electron chi connectivity index (χ3n) is 4.72. The van der Waals surface area contributed by atoms with Crippen molar-refractivity contribution in [3.05, 3.63) is 0 Å². The topological polar surface area (TPSA) is 29.3 Å². The lowest BCUT2D eigenvalue weighted by Crippen LogP contribution is -2.45. The standard InChI is InChI=1S/C14H30N2/c1-4-14(5-2,11-15)12-16(3)13-9-7-6-8-10-13/h13H,4-12,15H2,1-3H3. The fourth-order valence-corrected chi connectivity index (χ4v) is 3.01. The van der Waals surface area contributed by atoms with E-state index in [9.17, 15) is 0 Å². The van der Waals surface area contributed by atoms with Crippen LogP contribution in [0.25, 0.3) is 0 Å². The molecule has 1 saturated carbocycles. The number of rotatable bonds is 6. The summed E-state index contributed by atoms with van der Waals surface area (Å²) in [6, 6.07) is 0.817. The molecule has 1 fully saturated rings. The summed E-state index contributed by atoms with van der Waals surface area (Å²) in [6.45, 7) is 6.58. The smallest absolute Gasteiger partial charge is 0.00924 e. The van der Waals surface area contributed by atoms with Crippen molar-refractivity contribution >= 4 is 0 Å². The lowest BCUT2D eigenvalue weighted by atomic mass is 9.81. The van der Waals surface area contributed by atoms with Gasteiger partial charge in [0.15, 0.2) is 0 Å². The maximum absolute atomic E-state index is 5.98. The maximum atomic E-state index is 5.98. The van der Waals surface area contributed by atoms with Crippen molar-refractivity contribution in [3.8, 4) is 0 Å². The van der Waals surface area contributed by atoms with Gasteiger partial charge in [0.05, 0.1) is 0 Å². The molecule has 0 heterocycles. The summed E-state index contributed by atoms with van der Waals surface area (Å²) in [5.41, 5.74) is 6.33. The predicted molar refractivity (Wildman–Crippen MR) is 71.6 cm³/mol. The van der Waals surface area contributed by atoms with Crippen molar-refractivity contribution in [2.75, 3.05) is 20.1 Å². The second-order valence-corrected chi connectivity index (χ2v) is 5.62. The Kier molecular flexibility index (Phi) is 5.77. The normalized spacial score (nSPS) is 19.3. The fraction of sp³-hybridized carbons (Fsp3) is 1.00. The van der Waals surface area contributed by atoms with Crippen LogP contribution in [0.2, 0.25) is 0 Å². The van der Waals surface area contributed by atoms with Gasteiger partial charge in [-0.15, -0.1) is 0 Å². The maximum Gasteiger partial charge on any atom is 0.00924 e. The minimum atomic E-state index is 0.353.